The predicted molar refractivity (Wildman–Crippen MR) is 139 cm³/mol. The zero-order valence-electron chi connectivity index (χ0n) is 23.2. The van der Waals surface area contributed by atoms with Gasteiger partial charge in [-0.1, -0.05) is 32.9 Å². The van der Waals surface area contributed by atoms with Crippen LogP contribution < -0.4 is 4.74 Å². The summed E-state index contributed by atoms with van der Waals surface area (Å²) in [7, 11) is 1.56. The van der Waals surface area contributed by atoms with E-state index >= 15 is 0 Å². The number of rotatable bonds is 3. The molecule has 0 aromatic heterocycles. The van der Waals surface area contributed by atoms with Gasteiger partial charge in [0.15, 0.2) is 23.3 Å². The van der Waals surface area contributed by atoms with Crippen LogP contribution in [0.2, 0.25) is 0 Å². The highest BCUT2D eigenvalue weighted by Crippen LogP contribution is 2.72. The van der Waals surface area contributed by atoms with Gasteiger partial charge in [-0.15, -0.1) is 0 Å². The van der Waals surface area contributed by atoms with E-state index in [0.29, 0.717) is 22.8 Å². The van der Waals surface area contributed by atoms with Crippen LogP contribution in [0.25, 0.3) is 0 Å². The Morgan fingerprint density at radius 1 is 1.13 bits per heavy atom. The number of aliphatic hydroxyl groups is 1. The number of allylic oxidation sites excluding steroid dienone is 1. The minimum atomic E-state index is -1.82. The molecule has 1 N–H and O–H groups in total. The van der Waals surface area contributed by atoms with E-state index < -0.39 is 35.0 Å². The molecule has 7 nitrogen and oxygen atoms in total. The quantitative estimate of drug-likeness (QED) is 0.462. The Hall–Kier alpha value is -2.48. The average Bonchev–Trinajstić information content (AvgIpc) is 3.36. The van der Waals surface area contributed by atoms with Crippen molar-refractivity contribution >= 4 is 11.8 Å². The van der Waals surface area contributed by atoms with Crippen LogP contribution in [0.5, 0.6) is 5.75 Å². The van der Waals surface area contributed by atoms with Gasteiger partial charge in [-0.25, -0.2) is 4.79 Å². The SMILES string of the molecule is COc1ccc(C(=O)O[C@H]2C(C)=C[C@]34C(=O)[C@@H](C=C5COC(C)(C)OC5[C@]23O)[C@H]2[C@@H](C[C@H]4C)C2(C)C)cc1. The molecule has 204 valence electrons. The van der Waals surface area contributed by atoms with Crippen molar-refractivity contribution < 1.29 is 33.6 Å². The number of carbonyl (C=O) groups is 2. The van der Waals surface area contributed by atoms with Gasteiger partial charge in [-0.05, 0) is 85.8 Å². The summed E-state index contributed by atoms with van der Waals surface area (Å²) in [6.07, 6.45) is 2.78. The van der Waals surface area contributed by atoms with Crippen LogP contribution in [0.4, 0.5) is 0 Å². The monoisotopic (exact) mass is 522 g/mol. The molecule has 1 aromatic carbocycles. The maximum absolute atomic E-state index is 14.7. The van der Waals surface area contributed by atoms with Gasteiger partial charge >= 0.3 is 5.97 Å². The van der Waals surface area contributed by atoms with E-state index in [1.54, 1.807) is 31.4 Å². The third kappa shape index (κ3) is 3.24. The van der Waals surface area contributed by atoms with E-state index in [1.807, 2.05) is 32.9 Å². The molecule has 8 atom stereocenters. The van der Waals surface area contributed by atoms with Crippen LogP contribution in [0.3, 0.4) is 0 Å². The first-order valence-electron chi connectivity index (χ1n) is 13.6. The summed E-state index contributed by atoms with van der Waals surface area (Å²) in [5, 5.41) is 13.0. The van der Waals surface area contributed by atoms with Crippen molar-refractivity contribution in [3.8, 4) is 5.75 Å². The second-order valence-corrected chi connectivity index (χ2v) is 13.0. The molecular weight excluding hydrogens is 484 g/mol. The smallest absolute Gasteiger partial charge is 0.338 e. The summed E-state index contributed by atoms with van der Waals surface area (Å²) in [6.45, 7) is 12.2. The maximum Gasteiger partial charge on any atom is 0.338 e. The van der Waals surface area contributed by atoms with Crippen LogP contribution in [0, 0.1) is 34.5 Å². The minimum absolute atomic E-state index is 0.00349. The lowest BCUT2D eigenvalue weighted by Gasteiger charge is -2.52. The number of ketones is 1. The van der Waals surface area contributed by atoms with Gasteiger partial charge in [0.25, 0.3) is 0 Å². The van der Waals surface area contributed by atoms with Gasteiger partial charge in [0.2, 0.25) is 0 Å². The second-order valence-electron chi connectivity index (χ2n) is 13.0. The van der Waals surface area contributed by atoms with Gasteiger partial charge in [-0.3, -0.25) is 4.79 Å². The van der Waals surface area contributed by atoms with Gasteiger partial charge in [0.05, 0.1) is 24.7 Å². The van der Waals surface area contributed by atoms with Crippen molar-refractivity contribution in [2.45, 2.75) is 71.6 Å². The Bertz CT molecular complexity index is 1260. The van der Waals surface area contributed by atoms with E-state index in [0.717, 1.165) is 12.0 Å². The zero-order valence-corrected chi connectivity index (χ0v) is 23.2. The van der Waals surface area contributed by atoms with Crippen molar-refractivity contribution in [1.29, 1.82) is 0 Å². The molecule has 1 aromatic rings. The molecule has 6 rings (SSSR count). The fourth-order valence-corrected chi connectivity index (χ4v) is 8.20. The first-order valence-corrected chi connectivity index (χ1v) is 13.6. The summed E-state index contributed by atoms with van der Waals surface area (Å²) in [5.74, 6) is -0.916. The van der Waals surface area contributed by atoms with E-state index in [2.05, 4.69) is 20.8 Å². The van der Waals surface area contributed by atoms with E-state index in [9.17, 15) is 14.7 Å². The molecule has 4 aliphatic carbocycles. The van der Waals surface area contributed by atoms with E-state index in [-0.39, 0.29) is 35.6 Å². The molecule has 3 fully saturated rings. The summed E-state index contributed by atoms with van der Waals surface area (Å²) in [6, 6.07) is 6.64. The molecule has 2 bridgehead atoms. The molecule has 5 aliphatic rings. The lowest BCUT2D eigenvalue weighted by atomic mass is 9.59. The summed E-state index contributed by atoms with van der Waals surface area (Å²) in [5.41, 5.74) is -1.29. The number of methoxy groups -OCH3 is 1. The fourth-order valence-electron chi connectivity index (χ4n) is 8.20. The second kappa shape index (κ2) is 8.03. The number of hydrogen-bond donors (Lipinski definition) is 1. The third-order valence-corrected chi connectivity index (χ3v) is 10.2. The number of Topliss-reactive ketones (excluding diaryl/α,β-unsaturated/α-hetero) is 1. The van der Waals surface area contributed by atoms with Crippen LogP contribution in [-0.2, 0) is 19.0 Å². The molecular formula is C31H38O7. The number of carbonyl (C=O) groups excluding carboxylic acids is 2. The number of fused-ring (bicyclic) bond motifs is 5. The molecule has 7 heteroatoms. The Kier molecular flexibility index (Phi) is 5.44. The lowest BCUT2D eigenvalue weighted by molar-refractivity contribution is -0.302. The number of benzene rings is 1. The third-order valence-electron chi connectivity index (χ3n) is 10.2. The Morgan fingerprint density at radius 3 is 2.47 bits per heavy atom. The topological polar surface area (TPSA) is 91.3 Å². The number of ether oxygens (including phenoxy) is 4. The van der Waals surface area contributed by atoms with Gasteiger partial charge in [-0.2, -0.15) is 0 Å². The van der Waals surface area contributed by atoms with Crippen molar-refractivity contribution in [3.05, 3.63) is 53.1 Å². The average molecular weight is 523 g/mol. The predicted octanol–water partition coefficient (Wildman–Crippen LogP) is 4.49. The van der Waals surface area contributed by atoms with Crippen molar-refractivity contribution in [1.82, 2.24) is 0 Å². The molecule has 1 heterocycles. The van der Waals surface area contributed by atoms with E-state index in [4.69, 9.17) is 18.9 Å². The largest absolute Gasteiger partial charge is 0.497 e. The highest BCUT2D eigenvalue weighted by molar-refractivity contribution is 5.96. The minimum Gasteiger partial charge on any atom is -0.497 e. The maximum atomic E-state index is 14.7. The van der Waals surface area contributed by atoms with Crippen molar-refractivity contribution in [2.75, 3.05) is 13.7 Å². The number of hydrogen-bond acceptors (Lipinski definition) is 7. The molecule has 38 heavy (non-hydrogen) atoms. The standard InChI is InChI=1S/C31H38O7/c1-16-14-30-17(2)12-22-23(28(22,3)4)21(24(30)32)13-19-15-36-29(5,6)38-26(19)31(30,34)25(16)37-27(33)18-8-10-20(35-7)11-9-18/h8-11,13-14,17,21-23,25-26,34H,12,15H2,1-7H3/t17-,21+,22-,23+,25+,26?,30+,31-/m1/s1. The summed E-state index contributed by atoms with van der Waals surface area (Å²) < 4.78 is 23.8. The lowest BCUT2D eigenvalue weighted by Crippen LogP contribution is -2.68. The molecule has 0 amide bonds. The van der Waals surface area contributed by atoms with Crippen molar-refractivity contribution in [2.24, 2.45) is 34.5 Å². The summed E-state index contributed by atoms with van der Waals surface area (Å²) >= 11 is 0. The molecule has 1 unspecified atom stereocenters. The Labute approximate surface area is 224 Å². The first-order chi connectivity index (χ1) is 17.8. The van der Waals surface area contributed by atoms with Gasteiger partial charge in [0, 0.05) is 5.92 Å². The zero-order chi connectivity index (χ0) is 27.4. The molecule has 1 aliphatic heterocycles. The van der Waals surface area contributed by atoms with E-state index in [1.165, 1.54) is 0 Å². The van der Waals surface area contributed by atoms with Crippen molar-refractivity contribution in [3.63, 3.8) is 0 Å². The van der Waals surface area contributed by atoms with Crippen LogP contribution in [0.1, 0.15) is 58.3 Å². The highest BCUT2D eigenvalue weighted by Gasteiger charge is 2.77. The van der Waals surface area contributed by atoms with Gasteiger partial charge in [0.1, 0.15) is 11.9 Å². The normalized spacial score (nSPS) is 41.8. The first kappa shape index (κ1) is 25.8. The highest BCUT2D eigenvalue weighted by atomic mass is 16.7. The van der Waals surface area contributed by atoms with Crippen LogP contribution in [-0.4, -0.2) is 54.2 Å². The number of esters is 1. The summed E-state index contributed by atoms with van der Waals surface area (Å²) in [4.78, 5) is 28.1. The Morgan fingerprint density at radius 2 is 1.82 bits per heavy atom. The molecule has 2 saturated carbocycles. The Balaban J connectivity index is 1.49. The fraction of sp³-hybridized carbons (Fsp3) is 0.613. The van der Waals surface area contributed by atoms with Gasteiger partial charge < -0.3 is 24.1 Å². The van der Waals surface area contributed by atoms with Crippen LogP contribution >= 0.6 is 0 Å². The van der Waals surface area contributed by atoms with Crippen LogP contribution in [0.15, 0.2) is 47.6 Å². The molecule has 1 spiro atoms. The molecule has 0 radical (unpaired) electrons. The molecule has 1 saturated heterocycles.